The number of rotatable bonds is 7. The number of nitrogens with zero attached hydrogens (tertiary/aromatic N) is 1. The molecule has 21 heavy (non-hydrogen) atoms. The van der Waals surface area contributed by atoms with Crippen molar-refractivity contribution in [2.45, 2.75) is 18.9 Å². The van der Waals surface area contributed by atoms with E-state index < -0.39 is 33.9 Å². The van der Waals surface area contributed by atoms with Gasteiger partial charge in [-0.3, -0.25) is 9.35 Å². The summed E-state index contributed by atoms with van der Waals surface area (Å²) >= 11 is 0. The van der Waals surface area contributed by atoms with Crippen molar-refractivity contribution in [2.24, 2.45) is 5.73 Å². The zero-order valence-corrected chi connectivity index (χ0v) is 13.5. The second kappa shape index (κ2) is 8.39. The standard InChI is InChI=1S/C9H17NO4.C2H7NO3S/c1-7(11)9(14,5-8(12)13)6-10(2,3)4;3-1-2-7(4,5)6/h14H,5-6H2,1-4H3;1-3H2,(H,4,5,6)/t9-;/m1./s1. The third-order valence-electron chi connectivity index (χ3n) is 2.20. The Morgan fingerprint density at radius 3 is 1.86 bits per heavy atom. The number of hydrogen-bond acceptors (Lipinski definition) is 7. The average molecular weight is 328 g/mol. The first-order valence-corrected chi connectivity index (χ1v) is 7.63. The van der Waals surface area contributed by atoms with E-state index in [0.717, 1.165) is 0 Å². The lowest BCUT2D eigenvalue weighted by atomic mass is 9.94. The Labute approximate surface area is 124 Å². The molecule has 0 aliphatic heterocycles. The van der Waals surface area contributed by atoms with Crippen LogP contribution < -0.4 is 10.8 Å². The maximum Gasteiger partial charge on any atom is 0.266 e. The summed E-state index contributed by atoms with van der Waals surface area (Å²) in [6.45, 7) is 1.20. The molecule has 0 radical (unpaired) electrons. The molecule has 0 unspecified atom stereocenters. The van der Waals surface area contributed by atoms with Crippen molar-refractivity contribution >= 4 is 21.9 Å². The maximum absolute atomic E-state index is 11.1. The van der Waals surface area contributed by atoms with Gasteiger partial charge in [0.2, 0.25) is 0 Å². The van der Waals surface area contributed by atoms with E-state index in [0.29, 0.717) is 4.48 Å². The second-order valence-electron chi connectivity index (χ2n) is 5.66. The molecule has 1 atom stereocenters. The van der Waals surface area contributed by atoms with Crippen molar-refractivity contribution in [1.29, 1.82) is 0 Å². The minimum atomic E-state index is -3.80. The monoisotopic (exact) mass is 328 g/mol. The molecule has 0 rings (SSSR count). The molecule has 0 saturated heterocycles. The summed E-state index contributed by atoms with van der Waals surface area (Å²) in [6, 6.07) is 0. The van der Waals surface area contributed by atoms with Gasteiger partial charge >= 0.3 is 0 Å². The predicted molar refractivity (Wildman–Crippen MR) is 73.6 cm³/mol. The number of hydrogen-bond donors (Lipinski definition) is 3. The Morgan fingerprint density at radius 1 is 1.29 bits per heavy atom. The third kappa shape index (κ3) is 13.7. The highest BCUT2D eigenvalue weighted by Crippen LogP contribution is 2.15. The number of carbonyl (C=O) groups excluding carboxylic acids is 2. The van der Waals surface area contributed by atoms with Crippen LogP contribution in [-0.4, -0.2) is 79.9 Å². The van der Waals surface area contributed by atoms with E-state index in [1.165, 1.54) is 6.92 Å². The van der Waals surface area contributed by atoms with Crippen LogP contribution in [0.25, 0.3) is 0 Å². The van der Waals surface area contributed by atoms with E-state index >= 15 is 0 Å². The number of aliphatic hydroxyl groups is 1. The summed E-state index contributed by atoms with van der Waals surface area (Å²) in [7, 11) is 1.50. The van der Waals surface area contributed by atoms with Gasteiger partial charge in [0, 0.05) is 18.9 Å². The minimum Gasteiger partial charge on any atom is -0.550 e. The van der Waals surface area contributed by atoms with Gasteiger partial charge in [-0.05, 0) is 6.92 Å². The van der Waals surface area contributed by atoms with Crippen LogP contribution in [0, 0.1) is 0 Å². The van der Waals surface area contributed by atoms with Crippen molar-refractivity contribution in [2.75, 3.05) is 40.0 Å². The minimum absolute atomic E-state index is 0.0289. The highest BCUT2D eigenvalue weighted by atomic mass is 32.2. The predicted octanol–water partition coefficient (Wildman–Crippen LogP) is -3.01. The first-order valence-electron chi connectivity index (χ1n) is 6.02. The molecular weight excluding hydrogens is 304 g/mol. The molecule has 0 amide bonds. The van der Waals surface area contributed by atoms with Crippen LogP contribution in [-0.2, 0) is 19.7 Å². The summed E-state index contributed by atoms with van der Waals surface area (Å²) in [6.07, 6.45) is -0.655. The largest absolute Gasteiger partial charge is 0.550 e. The summed E-state index contributed by atoms with van der Waals surface area (Å²) in [5, 5.41) is 20.2. The van der Waals surface area contributed by atoms with E-state index in [1.54, 1.807) is 21.1 Å². The average Bonchev–Trinajstić information content (AvgIpc) is 2.10. The van der Waals surface area contributed by atoms with Crippen molar-refractivity contribution in [3.8, 4) is 0 Å². The zero-order valence-electron chi connectivity index (χ0n) is 12.7. The van der Waals surface area contributed by atoms with Gasteiger partial charge in [-0.25, -0.2) is 0 Å². The van der Waals surface area contributed by atoms with Gasteiger partial charge in [-0.1, -0.05) is 0 Å². The fraction of sp³-hybridized carbons (Fsp3) is 0.818. The first kappa shape index (κ1) is 22.2. The number of carboxylic acids is 1. The zero-order chi connectivity index (χ0) is 17.5. The fourth-order valence-corrected chi connectivity index (χ4v) is 1.76. The lowest BCUT2D eigenvalue weighted by Crippen LogP contribution is -2.55. The van der Waals surface area contributed by atoms with E-state index in [9.17, 15) is 28.2 Å². The molecule has 9 nitrogen and oxygen atoms in total. The van der Waals surface area contributed by atoms with Crippen LogP contribution in [0.3, 0.4) is 0 Å². The molecule has 0 aromatic carbocycles. The lowest BCUT2D eigenvalue weighted by molar-refractivity contribution is -0.875. The molecule has 0 aliphatic carbocycles. The van der Waals surface area contributed by atoms with Crippen LogP contribution >= 0.6 is 0 Å². The molecule has 4 N–H and O–H groups in total. The van der Waals surface area contributed by atoms with Crippen LogP contribution in [0.5, 0.6) is 0 Å². The Hall–Kier alpha value is -1.07. The number of nitrogens with two attached hydrogens (primary N) is 1. The maximum atomic E-state index is 11.1. The number of likely N-dealkylation sites (N-methyl/N-ethyl adjacent to an activating group) is 1. The Bertz CT molecular complexity index is 456. The lowest BCUT2D eigenvalue weighted by Gasteiger charge is -2.34. The van der Waals surface area contributed by atoms with Crippen molar-refractivity contribution < 1.29 is 37.3 Å². The number of carbonyl (C=O) groups is 2. The molecule has 0 aromatic heterocycles. The van der Waals surface area contributed by atoms with Gasteiger partial charge in [-0.2, -0.15) is 8.42 Å². The van der Waals surface area contributed by atoms with Gasteiger partial charge in [-0.15, -0.1) is 0 Å². The number of quaternary nitrogens is 1. The Kier molecular flexibility index (Phi) is 8.88. The van der Waals surface area contributed by atoms with E-state index in [4.69, 9.17) is 10.3 Å². The van der Waals surface area contributed by atoms with Crippen LogP contribution in [0.1, 0.15) is 13.3 Å². The third-order valence-corrected chi connectivity index (χ3v) is 2.96. The molecule has 10 heteroatoms. The first-order chi connectivity index (χ1) is 9.13. The number of aliphatic carboxylic acids is 1. The highest BCUT2D eigenvalue weighted by molar-refractivity contribution is 7.85. The van der Waals surface area contributed by atoms with Crippen LogP contribution in [0.4, 0.5) is 0 Å². The SMILES string of the molecule is CC(=O)[C@@](O)(CC(=O)[O-])C[N+](C)(C)C.NCCS(=O)(=O)O. The number of ketones is 1. The molecule has 0 spiro atoms. The van der Waals surface area contributed by atoms with Gasteiger partial charge in [0.05, 0.1) is 26.9 Å². The normalized spacial score (nSPS) is 14.6. The second-order valence-corrected chi connectivity index (χ2v) is 7.23. The quantitative estimate of drug-likeness (QED) is 0.329. The molecule has 0 heterocycles. The van der Waals surface area contributed by atoms with Gasteiger partial charge in [0.1, 0.15) is 6.54 Å². The Balaban J connectivity index is 0. The molecular formula is C11H24N2O7S. The highest BCUT2D eigenvalue weighted by Gasteiger charge is 2.38. The van der Waals surface area contributed by atoms with E-state index in [-0.39, 0.29) is 18.8 Å². The molecule has 0 aromatic rings. The van der Waals surface area contributed by atoms with E-state index in [2.05, 4.69) is 0 Å². The summed E-state index contributed by atoms with van der Waals surface area (Å²) in [5.74, 6) is -2.32. The summed E-state index contributed by atoms with van der Waals surface area (Å²) < 4.78 is 27.6. The summed E-state index contributed by atoms with van der Waals surface area (Å²) in [5.41, 5.74) is 2.95. The van der Waals surface area contributed by atoms with Gasteiger partial charge < -0.3 is 25.2 Å². The van der Waals surface area contributed by atoms with Crippen molar-refractivity contribution in [3.05, 3.63) is 0 Å². The Morgan fingerprint density at radius 2 is 1.71 bits per heavy atom. The topological polar surface area (TPSA) is 158 Å². The van der Waals surface area contributed by atoms with Gasteiger partial charge in [0.25, 0.3) is 10.1 Å². The molecule has 0 aliphatic rings. The fourth-order valence-electron chi connectivity index (χ4n) is 1.46. The summed E-state index contributed by atoms with van der Waals surface area (Å²) in [4.78, 5) is 21.5. The number of Topliss-reactive ketones (excluding diaryl/α,β-unsaturated/α-hetero) is 1. The van der Waals surface area contributed by atoms with Crippen molar-refractivity contribution in [3.63, 3.8) is 0 Å². The molecule has 0 bridgehead atoms. The smallest absolute Gasteiger partial charge is 0.266 e. The molecule has 0 fully saturated rings. The van der Waals surface area contributed by atoms with Crippen LogP contribution in [0.15, 0.2) is 0 Å². The van der Waals surface area contributed by atoms with Crippen LogP contribution in [0.2, 0.25) is 0 Å². The number of carboxylic acid groups (broad SMARTS) is 1. The molecule has 0 saturated carbocycles. The van der Waals surface area contributed by atoms with Gasteiger partial charge in [0.15, 0.2) is 11.4 Å². The van der Waals surface area contributed by atoms with E-state index in [1.807, 2.05) is 0 Å². The van der Waals surface area contributed by atoms with Crippen molar-refractivity contribution in [1.82, 2.24) is 0 Å². The molecule has 126 valence electrons.